The second-order valence-electron chi connectivity index (χ2n) is 29.7. The lowest BCUT2D eigenvalue weighted by atomic mass is 10.0. The van der Waals surface area contributed by atoms with E-state index < -0.39 is 12.0 Å². The highest BCUT2D eigenvalue weighted by molar-refractivity contribution is 5.86. The SMILES string of the molecule is CCCCCCCCCCCCN(CCCCCCCCCCCC)CCCCC(NC(=O)C(CCCCN(CCCCCCCCCCCC)CCCCCCCCCCCC)N(CCCCCCCCCCCC)CCCCCCCCCCCC)C(=O)O. The third-order valence-corrected chi connectivity index (χ3v) is 20.7. The van der Waals surface area contributed by atoms with Crippen molar-refractivity contribution in [1.29, 1.82) is 0 Å². The largest absolute Gasteiger partial charge is 0.480 e. The van der Waals surface area contributed by atoms with Gasteiger partial charge in [-0.25, -0.2) is 4.79 Å². The van der Waals surface area contributed by atoms with E-state index in [9.17, 15) is 9.90 Å². The first-order valence-corrected chi connectivity index (χ1v) is 42.6. The second kappa shape index (κ2) is 76.2. The fourth-order valence-corrected chi connectivity index (χ4v) is 14.4. The molecule has 7 nitrogen and oxygen atoms in total. The standard InChI is InChI=1S/C84H170N4O3/c1-7-13-19-25-31-37-43-49-55-63-73-86(74-64-56-50-44-38-32-26-20-14-8-2)77-69-61-71-81(84(90)91)85-83(89)82(88(79-67-59-53-47-41-35-29-23-17-11-5)80-68-60-54-48-42-36-30-24-18-12-6)72-62-70-78-87(75-65-57-51-45-39-33-27-21-15-9-3)76-66-58-52-46-40-34-28-22-16-10-4/h81-82H,7-80H2,1-6H3,(H,85,89)(H,90,91). The summed E-state index contributed by atoms with van der Waals surface area (Å²) in [5.41, 5.74) is 0. The lowest BCUT2D eigenvalue weighted by Crippen LogP contribution is -2.52. The van der Waals surface area contributed by atoms with Crippen molar-refractivity contribution < 1.29 is 14.7 Å². The summed E-state index contributed by atoms with van der Waals surface area (Å²) in [5.74, 6) is -0.868. The summed E-state index contributed by atoms with van der Waals surface area (Å²) < 4.78 is 0. The lowest BCUT2D eigenvalue weighted by molar-refractivity contribution is -0.143. The molecule has 0 bridgehead atoms. The zero-order chi connectivity index (χ0) is 66.1. The maximum atomic E-state index is 15.1. The van der Waals surface area contributed by atoms with Gasteiger partial charge in [-0.3, -0.25) is 9.69 Å². The first kappa shape index (κ1) is 89.8. The van der Waals surface area contributed by atoms with Gasteiger partial charge in [0, 0.05) is 0 Å². The van der Waals surface area contributed by atoms with Crippen molar-refractivity contribution >= 4 is 11.9 Å². The molecular weight excluding hydrogens is 1110 g/mol. The Bertz CT molecular complexity index is 1320. The monoisotopic (exact) mass is 1280 g/mol. The maximum absolute atomic E-state index is 15.1. The molecule has 0 aromatic heterocycles. The molecule has 0 fully saturated rings. The Balaban J connectivity index is 6.24. The number of aliphatic carboxylic acids is 1. The van der Waals surface area contributed by atoms with Crippen LogP contribution in [0.25, 0.3) is 0 Å². The number of unbranched alkanes of at least 4 members (excludes halogenated alkanes) is 56. The van der Waals surface area contributed by atoms with Gasteiger partial charge < -0.3 is 20.2 Å². The Morgan fingerprint density at radius 1 is 0.242 bits per heavy atom. The molecule has 0 saturated heterocycles. The number of hydrogen-bond acceptors (Lipinski definition) is 5. The van der Waals surface area contributed by atoms with Gasteiger partial charge in [0.25, 0.3) is 0 Å². The molecular formula is C84H170N4O3. The number of nitrogens with one attached hydrogen (secondary N) is 1. The summed E-state index contributed by atoms with van der Waals surface area (Å²) in [4.78, 5) is 36.4. The van der Waals surface area contributed by atoms with Crippen molar-refractivity contribution in [2.75, 3.05) is 52.4 Å². The predicted octanol–water partition coefficient (Wildman–Crippen LogP) is 26.7. The molecule has 0 spiro atoms. The number of carbonyl (C=O) groups is 2. The number of nitrogens with zero attached hydrogens (tertiary/aromatic N) is 3. The normalized spacial score (nSPS) is 12.6. The van der Waals surface area contributed by atoms with Crippen molar-refractivity contribution in [3.8, 4) is 0 Å². The van der Waals surface area contributed by atoms with Gasteiger partial charge in [0.1, 0.15) is 6.04 Å². The van der Waals surface area contributed by atoms with Crippen LogP contribution >= 0.6 is 0 Å². The molecule has 1 amide bonds. The molecule has 2 atom stereocenters. The summed E-state index contributed by atoms with van der Waals surface area (Å²) in [5, 5.41) is 14.1. The van der Waals surface area contributed by atoms with Crippen LogP contribution in [0.1, 0.15) is 465 Å². The van der Waals surface area contributed by atoms with Crippen LogP contribution in [0.3, 0.4) is 0 Å². The van der Waals surface area contributed by atoms with Gasteiger partial charge in [0.05, 0.1) is 6.04 Å². The molecule has 0 radical (unpaired) electrons. The van der Waals surface area contributed by atoms with Crippen molar-refractivity contribution in [3.63, 3.8) is 0 Å². The highest BCUT2D eigenvalue weighted by atomic mass is 16.4. The summed E-state index contributed by atoms with van der Waals surface area (Å²) in [6, 6.07) is -1.10. The van der Waals surface area contributed by atoms with E-state index in [-0.39, 0.29) is 11.9 Å². The minimum absolute atomic E-state index is 0.0114. The van der Waals surface area contributed by atoms with Crippen LogP contribution in [-0.4, -0.2) is 96.1 Å². The number of hydrogen-bond donors (Lipinski definition) is 2. The van der Waals surface area contributed by atoms with Crippen molar-refractivity contribution in [3.05, 3.63) is 0 Å². The smallest absolute Gasteiger partial charge is 0.326 e. The van der Waals surface area contributed by atoms with Gasteiger partial charge in [0.15, 0.2) is 0 Å². The van der Waals surface area contributed by atoms with E-state index in [4.69, 9.17) is 0 Å². The summed E-state index contributed by atoms with van der Waals surface area (Å²) >= 11 is 0. The summed E-state index contributed by atoms with van der Waals surface area (Å²) in [6.07, 6.45) is 86.3. The zero-order valence-electron chi connectivity index (χ0n) is 63.6. The Hall–Kier alpha value is -1.18. The van der Waals surface area contributed by atoms with Crippen LogP contribution in [0.5, 0.6) is 0 Å². The first-order chi connectivity index (χ1) is 44.9. The molecule has 2 unspecified atom stereocenters. The number of carboxylic acids is 1. The molecule has 91 heavy (non-hydrogen) atoms. The Labute approximate surface area is 573 Å². The quantitative estimate of drug-likeness (QED) is 0.0591. The maximum Gasteiger partial charge on any atom is 0.326 e. The second-order valence-corrected chi connectivity index (χ2v) is 29.7. The van der Waals surface area contributed by atoms with E-state index in [1.165, 1.54) is 399 Å². The molecule has 2 N–H and O–H groups in total. The highest BCUT2D eigenvalue weighted by Crippen LogP contribution is 2.21. The van der Waals surface area contributed by atoms with Gasteiger partial charge in [-0.15, -0.1) is 0 Å². The van der Waals surface area contributed by atoms with E-state index in [1.54, 1.807) is 0 Å². The first-order valence-electron chi connectivity index (χ1n) is 42.6. The average molecular weight is 1280 g/mol. The van der Waals surface area contributed by atoms with Gasteiger partial charge in [-0.05, 0) is 123 Å². The lowest BCUT2D eigenvalue weighted by Gasteiger charge is -2.32. The van der Waals surface area contributed by atoms with Crippen LogP contribution in [-0.2, 0) is 9.59 Å². The molecule has 0 aliphatic rings. The van der Waals surface area contributed by atoms with E-state index in [0.29, 0.717) is 6.42 Å². The third-order valence-electron chi connectivity index (χ3n) is 20.7. The molecule has 0 rings (SSSR count). The van der Waals surface area contributed by atoms with Crippen LogP contribution in [0.15, 0.2) is 0 Å². The zero-order valence-corrected chi connectivity index (χ0v) is 63.6. The minimum atomic E-state index is -0.856. The molecule has 544 valence electrons. The Kier molecular flexibility index (Phi) is 75.2. The molecule has 0 aromatic rings. The predicted molar refractivity (Wildman–Crippen MR) is 407 cm³/mol. The van der Waals surface area contributed by atoms with Gasteiger partial charge in [0.2, 0.25) is 5.91 Å². The van der Waals surface area contributed by atoms with Crippen LogP contribution < -0.4 is 5.32 Å². The third kappa shape index (κ3) is 65.9. The minimum Gasteiger partial charge on any atom is -0.480 e. The van der Waals surface area contributed by atoms with E-state index in [1.807, 2.05) is 0 Å². The average Bonchev–Trinajstić information content (AvgIpc) is 2.01. The molecule has 0 saturated carbocycles. The summed E-state index contributed by atoms with van der Waals surface area (Å²) in [6.45, 7) is 22.7. The van der Waals surface area contributed by atoms with Crippen molar-refractivity contribution in [2.24, 2.45) is 0 Å². The topological polar surface area (TPSA) is 76.1 Å². The van der Waals surface area contributed by atoms with E-state index in [0.717, 1.165) is 71.1 Å². The molecule has 0 aliphatic carbocycles. The summed E-state index contributed by atoms with van der Waals surface area (Å²) in [7, 11) is 0. The fourth-order valence-electron chi connectivity index (χ4n) is 14.4. The molecule has 7 heteroatoms. The van der Waals surface area contributed by atoms with Crippen LogP contribution in [0.4, 0.5) is 0 Å². The molecule has 0 aromatic carbocycles. The number of carboxylic acid groups (broad SMARTS) is 1. The van der Waals surface area contributed by atoms with Crippen molar-refractivity contribution in [1.82, 2.24) is 20.0 Å². The van der Waals surface area contributed by atoms with Gasteiger partial charge >= 0.3 is 5.97 Å². The van der Waals surface area contributed by atoms with E-state index >= 15 is 4.79 Å². The van der Waals surface area contributed by atoms with Crippen molar-refractivity contribution in [2.45, 2.75) is 477 Å². The van der Waals surface area contributed by atoms with E-state index in [2.05, 4.69) is 61.6 Å². The molecule has 0 heterocycles. The number of rotatable bonds is 80. The highest BCUT2D eigenvalue weighted by Gasteiger charge is 2.29. The number of amides is 1. The van der Waals surface area contributed by atoms with Crippen LogP contribution in [0, 0.1) is 0 Å². The fraction of sp³-hybridized carbons (Fsp3) is 0.976. The molecule has 0 aliphatic heterocycles. The van der Waals surface area contributed by atoms with Crippen LogP contribution in [0.2, 0.25) is 0 Å². The van der Waals surface area contributed by atoms with Gasteiger partial charge in [-0.2, -0.15) is 0 Å². The Morgan fingerprint density at radius 3 is 0.626 bits per heavy atom. The Morgan fingerprint density at radius 2 is 0.418 bits per heavy atom. The van der Waals surface area contributed by atoms with Gasteiger partial charge in [-0.1, -0.05) is 395 Å². The number of carbonyl (C=O) groups excluding carboxylic acids is 1.